The van der Waals surface area contributed by atoms with Crippen LogP contribution in [0.15, 0.2) is 67.0 Å². The van der Waals surface area contributed by atoms with Gasteiger partial charge in [0.2, 0.25) is 11.8 Å². The Hall–Kier alpha value is -4.07. The molecule has 8 heteroatoms. The summed E-state index contributed by atoms with van der Waals surface area (Å²) in [4.78, 5) is 17.4. The lowest BCUT2D eigenvalue weighted by Crippen LogP contribution is -2.30. The van der Waals surface area contributed by atoms with Crippen LogP contribution in [-0.4, -0.2) is 20.7 Å². The fourth-order valence-electron chi connectivity index (χ4n) is 5.07. The molecule has 0 atom stereocenters. The molecule has 2 aromatic heterocycles. The summed E-state index contributed by atoms with van der Waals surface area (Å²) in [5, 5.41) is 7.32. The minimum absolute atomic E-state index is 0.0268. The molecule has 6 rings (SSSR count). The number of amides is 1. The molecular formula is C26H20F2N4O2. The fourth-order valence-corrected chi connectivity index (χ4v) is 5.07. The zero-order chi connectivity index (χ0) is 23.3. The second-order valence-electron chi connectivity index (χ2n) is 8.63. The zero-order valence-electron chi connectivity index (χ0n) is 18.1. The van der Waals surface area contributed by atoms with Crippen molar-refractivity contribution in [1.82, 2.24) is 14.8 Å². The molecule has 0 unspecified atom stereocenters. The highest BCUT2D eigenvalue weighted by Crippen LogP contribution is 2.53. The van der Waals surface area contributed by atoms with Gasteiger partial charge in [-0.2, -0.15) is 5.10 Å². The van der Waals surface area contributed by atoms with Crippen LogP contribution in [-0.2, 0) is 10.2 Å². The zero-order valence-corrected chi connectivity index (χ0v) is 18.1. The van der Waals surface area contributed by atoms with Crippen molar-refractivity contribution in [2.24, 2.45) is 0 Å². The Kier molecular flexibility index (Phi) is 4.69. The molecule has 2 aliphatic rings. The molecule has 1 saturated carbocycles. The molecule has 1 aliphatic heterocycles. The van der Waals surface area contributed by atoms with E-state index in [9.17, 15) is 13.6 Å². The Morgan fingerprint density at radius 2 is 1.85 bits per heavy atom. The number of anilines is 1. The van der Waals surface area contributed by atoms with Crippen molar-refractivity contribution in [2.45, 2.75) is 31.1 Å². The fraction of sp³-hybridized carbons (Fsp3) is 0.192. The summed E-state index contributed by atoms with van der Waals surface area (Å²) in [6.45, 7) is 0. The number of halogens is 2. The molecule has 4 aromatic rings. The quantitative estimate of drug-likeness (QED) is 0.422. The Morgan fingerprint density at radius 1 is 1.00 bits per heavy atom. The van der Waals surface area contributed by atoms with Gasteiger partial charge in [-0.3, -0.25) is 4.79 Å². The summed E-state index contributed by atoms with van der Waals surface area (Å²) >= 11 is 0. The van der Waals surface area contributed by atoms with Crippen molar-refractivity contribution in [3.8, 4) is 28.6 Å². The van der Waals surface area contributed by atoms with E-state index in [4.69, 9.17) is 4.74 Å². The van der Waals surface area contributed by atoms with E-state index >= 15 is 0 Å². The number of rotatable bonds is 4. The van der Waals surface area contributed by atoms with Crippen LogP contribution in [0, 0.1) is 11.6 Å². The smallest absolute Gasteiger partial charge is 0.235 e. The first-order valence-corrected chi connectivity index (χ1v) is 11.1. The van der Waals surface area contributed by atoms with Gasteiger partial charge in [-0.25, -0.2) is 18.4 Å². The van der Waals surface area contributed by atoms with Crippen molar-refractivity contribution in [1.29, 1.82) is 0 Å². The molecular weight excluding hydrogens is 438 g/mol. The van der Waals surface area contributed by atoms with Gasteiger partial charge in [0.05, 0.1) is 23.0 Å². The van der Waals surface area contributed by atoms with E-state index in [1.54, 1.807) is 36.7 Å². The number of nitrogens with zero attached hydrogens (tertiary/aromatic N) is 3. The monoisotopic (exact) mass is 458 g/mol. The summed E-state index contributed by atoms with van der Waals surface area (Å²) in [7, 11) is 0. The van der Waals surface area contributed by atoms with Gasteiger partial charge >= 0.3 is 0 Å². The topological polar surface area (TPSA) is 69.0 Å². The molecule has 6 nitrogen and oxygen atoms in total. The van der Waals surface area contributed by atoms with Crippen molar-refractivity contribution < 1.29 is 18.3 Å². The van der Waals surface area contributed by atoms with Crippen LogP contribution in [0.25, 0.3) is 16.9 Å². The molecule has 170 valence electrons. The highest BCUT2D eigenvalue weighted by molar-refractivity contribution is 6.08. The third-order valence-electron chi connectivity index (χ3n) is 6.68. The number of pyridine rings is 1. The van der Waals surface area contributed by atoms with E-state index in [0.717, 1.165) is 37.3 Å². The highest BCUT2D eigenvalue weighted by atomic mass is 19.1. The molecule has 1 aliphatic carbocycles. The minimum Gasteiger partial charge on any atom is -0.437 e. The molecule has 1 N–H and O–H groups in total. The lowest BCUT2D eigenvalue weighted by molar-refractivity contribution is -0.120. The molecule has 1 fully saturated rings. The number of carbonyl (C=O) groups is 1. The highest BCUT2D eigenvalue weighted by Gasteiger charge is 2.49. The summed E-state index contributed by atoms with van der Waals surface area (Å²) in [6.07, 6.45) is 6.62. The lowest BCUT2D eigenvalue weighted by Gasteiger charge is -2.22. The number of fused-ring (bicyclic) bond motifs is 2. The van der Waals surface area contributed by atoms with Gasteiger partial charge in [0, 0.05) is 23.9 Å². The van der Waals surface area contributed by atoms with Crippen LogP contribution in [0.5, 0.6) is 11.6 Å². The second-order valence-corrected chi connectivity index (χ2v) is 8.63. The maximum absolute atomic E-state index is 14.6. The number of hydrogen-bond donors (Lipinski definition) is 1. The maximum Gasteiger partial charge on any atom is 0.235 e. The number of aromatic nitrogens is 3. The largest absolute Gasteiger partial charge is 0.437 e. The average molecular weight is 458 g/mol. The van der Waals surface area contributed by atoms with E-state index in [1.807, 2.05) is 12.1 Å². The third kappa shape index (κ3) is 3.17. The predicted octanol–water partition coefficient (Wildman–Crippen LogP) is 5.77. The molecule has 0 bridgehead atoms. The van der Waals surface area contributed by atoms with E-state index in [2.05, 4.69) is 15.4 Å². The van der Waals surface area contributed by atoms with Gasteiger partial charge in [-0.15, -0.1) is 0 Å². The SMILES string of the molecule is O=C1Nc2c(Oc3ccccn3)cc(-c3ccnn3-c3ccc(F)cc3F)cc2C12CCCC2. The molecule has 1 amide bonds. The van der Waals surface area contributed by atoms with Crippen molar-refractivity contribution in [3.05, 3.63) is 84.2 Å². The van der Waals surface area contributed by atoms with Gasteiger partial charge in [-0.05, 0) is 54.8 Å². The standard InChI is InChI=1S/C26H20F2N4O2/c27-17-6-7-21(19(28)15-17)32-20(8-12-30-32)16-13-18-24(31-25(33)26(18)9-2-3-10-26)22(14-16)34-23-5-1-4-11-29-23/h1,4-8,11-15H,2-3,9-10H2,(H,31,33). The normalized spacial score (nSPS) is 16.0. The third-order valence-corrected chi connectivity index (χ3v) is 6.68. The van der Waals surface area contributed by atoms with Crippen LogP contribution < -0.4 is 10.1 Å². The first-order chi connectivity index (χ1) is 16.5. The van der Waals surface area contributed by atoms with Gasteiger partial charge in [-0.1, -0.05) is 18.9 Å². The molecule has 34 heavy (non-hydrogen) atoms. The van der Waals surface area contributed by atoms with Crippen molar-refractivity contribution in [3.63, 3.8) is 0 Å². The van der Waals surface area contributed by atoms with Crippen molar-refractivity contribution >= 4 is 11.6 Å². The maximum atomic E-state index is 14.6. The molecule has 3 heterocycles. The van der Waals surface area contributed by atoms with Gasteiger partial charge < -0.3 is 10.1 Å². The van der Waals surface area contributed by atoms with Crippen LogP contribution in [0.4, 0.5) is 14.5 Å². The predicted molar refractivity (Wildman–Crippen MR) is 122 cm³/mol. The van der Waals surface area contributed by atoms with Gasteiger partial charge in [0.15, 0.2) is 11.6 Å². The van der Waals surface area contributed by atoms with Crippen LogP contribution >= 0.6 is 0 Å². The number of hydrogen-bond acceptors (Lipinski definition) is 4. The van der Waals surface area contributed by atoms with Crippen molar-refractivity contribution in [2.75, 3.05) is 5.32 Å². The summed E-state index contributed by atoms with van der Waals surface area (Å²) in [5.41, 5.74) is 2.31. The van der Waals surface area contributed by atoms with E-state index in [-0.39, 0.29) is 11.6 Å². The average Bonchev–Trinajstić information content (AvgIpc) is 3.56. The number of nitrogens with one attached hydrogen (secondary N) is 1. The molecule has 2 aromatic carbocycles. The Morgan fingerprint density at radius 3 is 2.62 bits per heavy atom. The Balaban J connectivity index is 1.54. The Bertz CT molecular complexity index is 1410. The lowest BCUT2D eigenvalue weighted by atomic mass is 9.79. The first kappa shape index (κ1) is 20.5. The number of benzene rings is 2. The minimum atomic E-state index is -0.722. The number of ether oxygens (including phenoxy) is 1. The first-order valence-electron chi connectivity index (χ1n) is 11.1. The Labute approximate surface area is 194 Å². The molecule has 0 saturated heterocycles. The van der Waals surface area contributed by atoms with Gasteiger partial charge in [0.1, 0.15) is 11.5 Å². The summed E-state index contributed by atoms with van der Waals surface area (Å²) < 4.78 is 35.6. The van der Waals surface area contributed by atoms with Crippen LogP contribution in [0.2, 0.25) is 0 Å². The summed E-state index contributed by atoms with van der Waals surface area (Å²) in [6, 6.07) is 14.2. The van der Waals surface area contributed by atoms with Crippen LogP contribution in [0.3, 0.4) is 0 Å². The van der Waals surface area contributed by atoms with E-state index < -0.39 is 17.0 Å². The molecule has 1 spiro atoms. The van der Waals surface area contributed by atoms with E-state index in [0.29, 0.717) is 28.6 Å². The number of carbonyl (C=O) groups excluding carboxylic acids is 1. The second kappa shape index (κ2) is 7.76. The summed E-state index contributed by atoms with van der Waals surface area (Å²) in [5.74, 6) is -0.565. The molecule has 0 radical (unpaired) electrons. The van der Waals surface area contributed by atoms with Crippen LogP contribution in [0.1, 0.15) is 31.2 Å². The van der Waals surface area contributed by atoms with Gasteiger partial charge in [0.25, 0.3) is 0 Å². The van der Waals surface area contributed by atoms with E-state index in [1.165, 1.54) is 16.8 Å².